The lowest BCUT2D eigenvalue weighted by Crippen LogP contribution is -2.50. The Labute approximate surface area is 156 Å². The number of para-hydroxylation sites is 1. The molecule has 2 aromatic rings. The van der Waals surface area contributed by atoms with Crippen LogP contribution >= 0.6 is 11.8 Å². The number of hydrogen-bond acceptors (Lipinski definition) is 8. The van der Waals surface area contributed by atoms with Crippen LogP contribution in [0.15, 0.2) is 63.6 Å². The van der Waals surface area contributed by atoms with Gasteiger partial charge < -0.3 is 4.42 Å². The van der Waals surface area contributed by atoms with Crippen molar-refractivity contribution in [1.82, 2.24) is 10.3 Å². The fraction of sp³-hybridized carbons (Fsp3) is 0.118. The minimum Gasteiger partial charge on any atom is -0.401 e. The molecule has 0 saturated heterocycles. The van der Waals surface area contributed by atoms with E-state index in [0.29, 0.717) is 27.2 Å². The maximum atomic E-state index is 12.8. The number of thioether (sulfide) groups is 1. The van der Waals surface area contributed by atoms with Crippen molar-refractivity contribution in [3.63, 3.8) is 0 Å². The molecule has 0 spiro atoms. The molecule has 0 bridgehead atoms. The van der Waals surface area contributed by atoms with Gasteiger partial charge in [0.1, 0.15) is 10.6 Å². The zero-order chi connectivity index (χ0) is 19.0. The van der Waals surface area contributed by atoms with Gasteiger partial charge in [-0.15, -0.1) is 11.7 Å². The van der Waals surface area contributed by atoms with Gasteiger partial charge in [-0.25, -0.2) is 10.0 Å². The second kappa shape index (κ2) is 6.72. The van der Waals surface area contributed by atoms with Crippen molar-refractivity contribution in [3.8, 4) is 0 Å². The molecule has 0 radical (unpaired) electrons. The SMILES string of the molecule is C=CCSC1=NN2C(=c3ccccc3=NC2c2ccc([N+](=O)[O-])o2)C(=O)N1. The molecule has 0 aliphatic carbocycles. The number of hydrogen-bond donors (Lipinski definition) is 1. The highest BCUT2D eigenvalue weighted by molar-refractivity contribution is 8.14. The first-order valence-corrected chi connectivity index (χ1v) is 8.91. The van der Waals surface area contributed by atoms with Crippen molar-refractivity contribution < 1.29 is 14.1 Å². The largest absolute Gasteiger partial charge is 0.433 e. The molecule has 3 heterocycles. The standard InChI is InChI=1S/C17H13N5O4S/c1-2-9-27-17-19-16(23)14-10-5-3-4-6-11(10)18-15(21(14)20-17)12-7-8-13(26-12)22(24)25/h2-8,15H,1,9H2,(H,19,20,23). The fourth-order valence-corrected chi connectivity index (χ4v) is 3.38. The Bertz CT molecular complexity index is 1110. The normalized spacial score (nSPS) is 18.0. The number of hydrazone groups is 1. The monoisotopic (exact) mass is 383 g/mol. The van der Waals surface area contributed by atoms with E-state index in [2.05, 4.69) is 22.0 Å². The van der Waals surface area contributed by atoms with E-state index in [4.69, 9.17) is 4.42 Å². The number of fused-ring (bicyclic) bond motifs is 2. The molecule has 1 unspecified atom stereocenters. The fourth-order valence-electron chi connectivity index (χ4n) is 2.79. The van der Waals surface area contributed by atoms with Gasteiger partial charge in [-0.05, 0) is 12.1 Å². The van der Waals surface area contributed by atoms with Gasteiger partial charge in [0.15, 0.2) is 10.9 Å². The molecule has 9 nitrogen and oxygen atoms in total. The van der Waals surface area contributed by atoms with E-state index in [1.54, 1.807) is 30.3 Å². The van der Waals surface area contributed by atoms with Crippen molar-refractivity contribution in [1.29, 1.82) is 0 Å². The van der Waals surface area contributed by atoms with E-state index in [-0.39, 0.29) is 11.7 Å². The predicted octanol–water partition coefficient (Wildman–Crippen LogP) is 1.25. The van der Waals surface area contributed by atoms with Crippen LogP contribution < -0.4 is 15.9 Å². The smallest absolute Gasteiger partial charge is 0.401 e. The van der Waals surface area contributed by atoms with Crippen LogP contribution in [-0.4, -0.2) is 26.8 Å². The average molecular weight is 383 g/mol. The molecule has 1 amide bonds. The highest BCUT2D eigenvalue weighted by Gasteiger charge is 2.36. The third-order valence-corrected chi connectivity index (χ3v) is 4.76. The molecule has 2 aliphatic rings. The highest BCUT2D eigenvalue weighted by atomic mass is 32.2. The Morgan fingerprint density at radius 1 is 1.37 bits per heavy atom. The van der Waals surface area contributed by atoms with E-state index in [0.717, 1.165) is 0 Å². The summed E-state index contributed by atoms with van der Waals surface area (Å²) in [6.45, 7) is 3.65. The predicted molar refractivity (Wildman–Crippen MR) is 98.8 cm³/mol. The first-order chi connectivity index (χ1) is 13.1. The number of benzene rings is 1. The summed E-state index contributed by atoms with van der Waals surface area (Å²) in [6.07, 6.45) is 0.871. The van der Waals surface area contributed by atoms with E-state index in [1.807, 2.05) is 0 Å². The number of carbonyl (C=O) groups excluding carboxylic acids is 1. The summed E-state index contributed by atoms with van der Waals surface area (Å²) in [5.41, 5.74) is 0.313. The molecule has 27 heavy (non-hydrogen) atoms. The summed E-state index contributed by atoms with van der Waals surface area (Å²) in [5, 5.41) is 21.2. The molecule has 0 saturated carbocycles. The van der Waals surface area contributed by atoms with Gasteiger partial charge >= 0.3 is 5.88 Å². The Balaban J connectivity index is 1.88. The number of amides is 1. The summed E-state index contributed by atoms with van der Waals surface area (Å²) in [5.74, 6) is 0.0601. The highest BCUT2D eigenvalue weighted by Crippen LogP contribution is 2.33. The van der Waals surface area contributed by atoms with Crippen LogP contribution in [0.3, 0.4) is 0 Å². The number of rotatable bonds is 4. The number of amidine groups is 1. The van der Waals surface area contributed by atoms with Crippen LogP contribution in [0.1, 0.15) is 11.9 Å². The summed E-state index contributed by atoms with van der Waals surface area (Å²) in [6, 6.07) is 9.87. The van der Waals surface area contributed by atoms with Gasteiger partial charge in [-0.3, -0.25) is 20.2 Å². The van der Waals surface area contributed by atoms with Gasteiger partial charge in [0.05, 0.1) is 11.4 Å². The van der Waals surface area contributed by atoms with Crippen molar-refractivity contribution in [2.45, 2.75) is 6.17 Å². The van der Waals surface area contributed by atoms with E-state index in [1.165, 1.54) is 28.9 Å². The van der Waals surface area contributed by atoms with Crippen molar-refractivity contribution in [3.05, 3.63) is 75.5 Å². The third-order valence-electron chi connectivity index (χ3n) is 3.90. The van der Waals surface area contributed by atoms with Crippen molar-refractivity contribution in [2.24, 2.45) is 10.1 Å². The molecule has 1 N–H and O–H groups in total. The van der Waals surface area contributed by atoms with Gasteiger partial charge in [0, 0.05) is 11.0 Å². The van der Waals surface area contributed by atoms with Crippen LogP contribution in [0.25, 0.3) is 5.70 Å². The number of nitrogens with one attached hydrogen (secondary N) is 1. The molecule has 2 aliphatic heterocycles. The van der Waals surface area contributed by atoms with Crippen molar-refractivity contribution in [2.75, 3.05) is 5.75 Å². The maximum Gasteiger partial charge on any atom is 0.433 e. The lowest BCUT2D eigenvalue weighted by molar-refractivity contribution is -0.402. The topological polar surface area (TPSA) is 113 Å². The van der Waals surface area contributed by atoms with E-state index in [9.17, 15) is 14.9 Å². The first kappa shape index (κ1) is 17.0. The Kier molecular flexibility index (Phi) is 4.24. The molecule has 4 rings (SSSR count). The Hall–Kier alpha value is -3.40. The third kappa shape index (κ3) is 2.99. The number of nitrogens with zero attached hydrogens (tertiary/aromatic N) is 4. The molecular weight excluding hydrogens is 370 g/mol. The number of nitro groups is 1. The summed E-state index contributed by atoms with van der Waals surface area (Å²) in [4.78, 5) is 27.7. The molecule has 1 aromatic carbocycles. The van der Waals surface area contributed by atoms with Crippen LogP contribution in [0.2, 0.25) is 0 Å². The maximum absolute atomic E-state index is 12.8. The minimum absolute atomic E-state index is 0.222. The Morgan fingerprint density at radius 3 is 2.93 bits per heavy atom. The average Bonchev–Trinajstić information content (AvgIpc) is 3.15. The molecular formula is C17H13N5O4S. The second-order valence-corrected chi connectivity index (χ2v) is 6.61. The van der Waals surface area contributed by atoms with Crippen LogP contribution in [0.4, 0.5) is 5.88 Å². The van der Waals surface area contributed by atoms with Gasteiger partial charge in [-0.2, -0.15) is 0 Å². The van der Waals surface area contributed by atoms with Crippen LogP contribution in [0.5, 0.6) is 0 Å². The summed E-state index contributed by atoms with van der Waals surface area (Å²) < 4.78 is 5.33. The van der Waals surface area contributed by atoms with E-state index >= 15 is 0 Å². The zero-order valence-corrected chi connectivity index (χ0v) is 14.7. The lowest BCUT2D eigenvalue weighted by atomic mass is 10.1. The summed E-state index contributed by atoms with van der Waals surface area (Å²) >= 11 is 1.31. The van der Waals surface area contributed by atoms with Crippen molar-refractivity contribution >= 4 is 34.4 Å². The van der Waals surface area contributed by atoms with E-state index < -0.39 is 17.0 Å². The number of furan rings is 1. The van der Waals surface area contributed by atoms with Gasteiger partial charge in [0.2, 0.25) is 6.17 Å². The Morgan fingerprint density at radius 2 is 2.19 bits per heavy atom. The zero-order valence-electron chi connectivity index (χ0n) is 13.9. The van der Waals surface area contributed by atoms with Crippen LogP contribution in [-0.2, 0) is 4.79 Å². The first-order valence-electron chi connectivity index (χ1n) is 7.92. The quantitative estimate of drug-likeness (QED) is 0.483. The van der Waals surface area contributed by atoms with Gasteiger partial charge in [-0.1, -0.05) is 36.0 Å². The molecule has 1 atom stereocenters. The molecule has 1 aromatic heterocycles. The molecule has 136 valence electrons. The second-order valence-electron chi connectivity index (χ2n) is 5.61. The lowest BCUT2D eigenvalue weighted by Gasteiger charge is -2.32. The minimum atomic E-state index is -0.825. The molecule has 0 fully saturated rings. The molecule has 10 heteroatoms. The van der Waals surface area contributed by atoms with Gasteiger partial charge in [0.25, 0.3) is 5.91 Å². The van der Waals surface area contributed by atoms with Crippen LogP contribution in [0, 0.1) is 10.1 Å². The summed E-state index contributed by atoms with van der Waals surface area (Å²) in [7, 11) is 0. The number of carbonyl (C=O) groups is 1.